The van der Waals surface area contributed by atoms with Gasteiger partial charge in [-0.1, -0.05) is 30.3 Å². The highest BCUT2D eigenvalue weighted by molar-refractivity contribution is 5.77. The lowest BCUT2D eigenvalue weighted by Gasteiger charge is -2.41. The van der Waals surface area contributed by atoms with Gasteiger partial charge in [0.1, 0.15) is 17.2 Å². The molecule has 1 aliphatic heterocycles. The van der Waals surface area contributed by atoms with Crippen LogP contribution in [0.4, 0.5) is 0 Å². The Morgan fingerprint density at radius 3 is 2.55 bits per heavy atom. The number of hydrogen-bond donors (Lipinski definition) is 3. The summed E-state index contributed by atoms with van der Waals surface area (Å²) in [6.07, 6.45) is 1.02. The molecule has 0 spiro atoms. The van der Waals surface area contributed by atoms with Crippen molar-refractivity contribution in [3.8, 4) is 0 Å². The van der Waals surface area contributed by atoms with Gasteiger partial charge in [0.2, 0.25) is 6.54 Å². The first-order valence-electron chi connectivity index (χ1n) is 9.68. The third kappa shape index (κ3) is 6.79. The van der Waals surface area contributed by atoms with Crippen LogP contribution < -0.4 is 10.6 Å². The molecule has 9 nitrogen and oxygen atoms in total. The molecule has 0 saturated carbocycles. The Kier molecular flexibility index (Phi) is 7.69. The van der Waals surface area contributed by atoms with E-state index in [1.165, 1.54) is 0 Å². The second-order valence-electron chi connectivity index (χ2n) is 7.95. The third-order valence-electron chi connectivity index (χ3n) is 4.84. The Labute approximate surface area is 170 Å². The van der Waals surface area contributed by atoms with Crippen molar-refractivity contribution in [3.63, 3.8) is 0 Å². The van der Waals surface area contributed by atoms with Crippen molar-refractivity contribution in [2.75, 3.05) is 26.3 Å². The minimum atomic E-state index is -0.866. The van der Waals surface area contributed by atoms with Gasteiger partial charge in [0.25, 0.3) is 0 Å². The number of hydrogen-bond acceptors (Lipinski definition) is 7. The summed E-state index contributed by atoms with van der Waals surface area (Å²) in [6, 6.07) is 8.71. The minimum absolute atomic E-state index is 0.178. The fourth-order valence-electron chi connectivity index (χ4n) is 3.24. The van der Waals surface area contributed by atoms with Gasteiger partial charge in [0.05, 0.1) is 19.0 Å². The van der Waals surface area contributed by atoms with Gasteiger partial charge in [-0.2, -0.15) is 0 Å². The summed E-state index contributed by atoms with van der Waals surface area (Å²) in [4.78, 5) is 23.7. The smallest absolute Gasteiger partial charge is 0.324 e. The van der Waals surface area contributed by atoms with Crippen molar-refractivity contribution >= 4 is 11.8 Å². The van der Waals surface area contributed by atoms with Gasteiger partial charge in [-0.25, -0.2) is 0 Å². The second-order valence-corrected chi connectivity index (χ2v) is 7.95. The topological polar surface area (TPSA) is 127 Å². The number of ether oxygens (including phenoxy) is 2. The van der Waals surface area contributed by atoms with E-state index in [1.807, 2.05) is 44.2 Å². The van der Waals surface area contributed by atoms with Gasteiger partial charge in [0, 0.05) is 11.5 Å². The molecular weight excluding hydrogens is 376 g/mol. The van der Waals surface area contributed by atoms with E-state index in [1.54, 1.807) is 6.92 Å². The maximum Gasteiger partial charge on any atom is 0.324 e. The molecule has 0 unspecified atom stereocenters. The number of nitrogens with zero attached hydrogens (tertiary/aromatic N) is 1. The zero-order valence-electron chi connectivity index (χ0n) is 17.2. The first kappa shape index (κ1) is 22.8. The number of rotatable bonds is 11. The maximum absolute atomic E-state index is 13.0. The summed E-state index contributed by atoms with van der Waals surface area (Å²) in [6.45, 7) is 5.84. The molecule has 0 amide bonds. The van der Waals surface area contributed by atoms with Gasteiger partial charge < -0.3 is 14.8 Å². The molecule has 1 atom stereocenters. The van der Waals surface area contributed by atoms with Crippen LogP contribution in [-0.4, -0.2) is 54.6 Å². The van der Waals surface area contributed by atoms with Crippen molar-refractivity contribution in [2.24, 2.45) is 0 Å². The quantitative estimate of drug-likeness (QED) is 0.128. The average Bonchev–Trinajstić information content (AvgIpc) is 2.61. The molecule has 1 heterocycles. The van der Waals surface area contributed by atoms with Crippen molar-refractivity contribution in [1.29, 1.82) is 5.41 Å². The molecule has 1 saturated heterocycles. The van der Waals surface area contributed by atoms with Crippen LogP contribution in [0.1, 0.15) is 39.2 Å². The monoisotopic (exact) mass is 406 g/mol. The number of amidine groups is 1. The van der Waals surface area contributed by atoms with Crippen LogP contribution in [-0.2, 0) is 19.9 Å². The largest absolute Gasteiger partial charge is 0.454 e. The summed E-state index contributed by atoms with van der Waals surface area (Å²) in [5.41, 5.74) is -0.844. The van der Waals surface area contributed by atoms with E-state index in [4.69, 9.17) is 14.9 Å². The molecule has 160 valence electrons. The van der Waals surface area contributed by atoms with Crippen LogP contribution in [0, 0.1) is 15.5 Å². The number of esters is 1. The van der Waals surface area contributed by atoms with Gasteiger partial charge in [-0.15, -0.1) is 0 Å². The fraction of sp³-hybridized carbons (Fsp3) is 0.600. The number of nitro groups is 1. The maximum atomic E-state index is 13.0. The van der Waals surface area contributed by atoms with Crippen molar-refractivity contribution in [2.45, 2.75) is 50.8 Å². The number of carbonyl (C=O) groups excluding carboxylic acids is 1. The molecule has 1 aromatic carbocycles. The molecule has 9 heteroatoms. The van der Waals surface area contributed by atoms with Crippen molar-refractivity contribution in [1.82, 2.24) is 10.6 Å². The summed E-state index contributed by atoms with van der Waals surface area (Å²) in [7, 11) is 0. The molecule has 0 aromatic heterocycles. The van der Waals surface area contributed by atoms with Crippen molar-refractivity contribution < 1.29 is 19.2 Å². The van der Waals surface area contributed by atoms with Gasteiger partial charge in [0.15, 0.2) is 0 Å². The molecule has 0 radical (unpaired) electrons. The molecule has 1 fully saturated rings. The minimum Gasteiger partial charge on any atom is -0.454 e. The molecule has 2 rings (SSSR count). The summed E-state index contributed by atoms with van der Waals surface area (Å²) in [5, 5.41) is 24.5. The van der Waals surface area contributed by atoms with E-state index in [0.717, 1.165) is 5.56 Å². The predicted molar refractivity (Wildman–Crippen MR) is 109 cm³/mol. The Bertz CT molecular complexity index is 719. The van der Waals surface area contributed by atoms with E-state index in [9.17, 15) is 14.9 Å². The van der Waals surface area contributed by atoms with Crippen LogP contribution in [0.25, 0.3) is 0 Å². The zero-order chi connectivity index (χ0) is 21.5. The first-order valence-corrected chi connectivity index (χ1v) is 9.68. The molecule has 0 aliphatic carbocycles. The molecule has 3 N–H and O–H groups in total. The zero-order valence-corrected chi connectivity index (χ0v) is 17.2. The van der Waals surface area contributed by atoms with Crippen LogP contribution in [0.3, 0.4) is 0 Å². The van der Waals surface area contributed by atoms with E-state index < -0.39 is 28.1 Å². The van der Waals surface area contributed by atoms with Gasteiger partial charge in [-0.3, -0.25) is 25.6 Å². The lowest BCUT2D eigenvalue weighted by atomic mass is 9.94. The fourth-order valence-corrected chi connectivity index (χ4v) is 3.24. The van der Waals surface area contributed by atoms with E-state index in [0.29, 0.717) is 25.2 Å². The summed E-state index contributed by atoms with van der Waals surface area (Å²) < 4.78 is 11.0. The number of nitrogens with one attached hydrogen (secondary N) is 3. The first-order chi connectivity index (χ1) is 13.6. The third-order valence-corrected chi connectivity index (χ3v) is 4.84. The van der Waals surface area contributed by atoms with E-state index in [-0.39, 0.29) is 19.8 Å². The normalized spacial score (nSPS) is 16.4. The molecular formula is C20H30N4O5. The number of carbonyl (C=O) groups is 1. The molecule has 1 aliphatic rings. The Hall–Kier alpha value is -2.52. The average molecular weight is 406 g/mol. The Morgan fingerprint density at radius 1 is 1.38 bits per heavy atom. The lowest BCUT2D eigenvalue weighted by Crippen LogP contribution is -2.68. The van der Waals surface area contributed by atoms with Crippen LogP contribution in [0.2, 0.25) is 0 Å². The highest BCUT2D eigenvalue weighted by Gasteiger charge is 2.46. The Balaban J connectivity index is 2.09. The molecule has 1 aromatic rings. The second kappa shape index (κ2) is 9.80. The lowest BCUT2D eigenvalue weighted by molar-refractivity contribution is -0.498. The van der Waals surface area contributed by atoms with Crippen molar-refractivity contribution in [3.05, 3.63) is 46.0 Å². The van der Waals surface area contributed by atoms with E-state index in [2.05, 4.69) is 10.6 Å². The Morgan fingerprint density at radius 2 is 2.03 bits per heavy atom. The van der Waals surface area contributed by atoms with Gasteiger partial charge >= 0.3 is 5.97 Å². The van der Waals surface area contributed by atoms with Crippen LogP contribution in [0.5, 0.6) is 0 Å². The van der Waals surface area contributed by atoms with E-state index >= 15 is 0 Å². The predicted octanol–water partition coefficient (Wildman–Crippen LogP) is 1.84. The molecule has 0 bridgehead atoms. The highest BCUT2D eigenvalue weighted by Crippen LogP contribution is 2.26. The van der Waals surface area contributed by atoms with Crippen LogP contribution >= 0.6 is 0 Å². The summed E-state index contributed by atoms with van der Waals surface area (Å²) >= 11 is 0. The standard InChI is InChI=1S/C20H30N4O5/c1-15(21)22-11-7-10-17(23-20(12-24(26)27)13-28-14-20)18(25)29-19(2,3)16-8-5-4-6-9-16/h4-6,8-9,17,23H,7,10-14H2,1-3H3,(H2,21,22)/t17-/m0/s1. The number of benzene rings is 1. The highest BCUT2D eigenvalue weighted by atomic mass is 16.6. The van der Waals surface area contributed by atoms with Gasteiger partial charge in [-0.05, 0) is 39.2 Å². The SMILES string of the molecule is CC(=N)NCCC[C@H](NC1(C[N+](=O)[O-])COC1)C(=O)OC(C)(C)c1ccccc1. The molecule has 29 heavy (non-hydrogen) atoms. The van der Waals surface area contributed by atoms with Crippen LogP contribution in [0.15, 0.2) is 30.3 Å². The summed E-state index contributed by atoms with van der Waals surface area (Å²) in [5.74, 6) is -0.112.